The van der Waals surface area contributed by atoms with Gasteiger partial charge in [-0.25, -0.2) is 0 Å². The van der Waals surface area contributed by atoms with Crippen molar-refractivity contribution >= 4 is 44.0 Å². The molecule has 0 saturated carbocycles. The number of phenolic OH excluding ortho intramolecular Hbond substituents is 1. The van der Waals surface area contributed by atoms with Crippen molar-refractivity contribution in [1.82, 2.24) is 24.5 Å². The molecule has 0 bridgehead atoms. The number of imidazole rings is 1. The maximum Gasteiger partial charge on any atom is 0.147 e. The summed E-state index contributed by atoms with van der Waals surface area (Å²) in [6.45, 7) is 13.3. The zero-order valence-electron chi connectivity index (χ0n) is 34.2. The number of furan rings is 1. The number of benzene rings is 6. The van der Waals surface area contributed by atoms with E-state index in [4.69, 9.17) is 24.4 Å². The average molecular weight is 964 g/mol. The summed E-state index contributed by atoms with van der Waals surface area (Å²) in [6, 6.07) is 43.1. The van der Waals surface area contributed by atoms with Crippen LogP contribution in [-0.4, -0.2) is 29.6 Å². The number of para-hydroxylation sites is 1. The van der Waals surface area contributed by atoms with E-state index < -0.39 is 0 Å². The van der Waals surface area contributed by atoms with Crippen LogP contribution in [0.3, 0.4) is 0 Å². The van der Waals surface area contributed by atoms with Gasteiger partial charge in [0.2, 0.25) is 0 Å². The largest absolute Gasteiger partial charge is 0.507 e. The minimum absolute atomic E-state index is 0. The van der Waals surface area contributed by atoms with Crippen LogP contribution < -0.4 is 0 Å². The third-order valence-corrected chi connectivity index (χ3v) is 11.3. The molecule has 1 N–H and O–H groups in total. The van der Waals surface area contributed by atoms with Crippen molar-refractivity contribution < 1.29 is 30.6 Å². The number of hydrogen-bond donors (Lipinski definition) is 1. The van der Waals surface area contributed by atoms with Crippen LogP contribution >= 0.6 is 0 Å². The van der Waals surface area contributed by atoms with Crippen LogP contribution in [0, 0.1) is 6.07 Å². The molecule has 0 aliphatic carbocycles. The van der Waals surface area contributed by atoms with Crippen LogP contribution in [-0.2, 0) is 31.9 Å². The standard InChI is InChI=1S/C52H42N5O2.Pt/c1-51(2,3)34-19-21-42(38(26-34)31-13-8-7-9-14-31)57-43-30-53-29-40(46-44(58)22-20-37-36-17-10-11-18-45(36)59-49(37)46)48(43)56-50(57)33-16-12-15-32(25-33)39-27-35(52(4,5)6)28-41-47(39)55-24-23-54-41;/h7-24,26-30,58H,1-6H3;/q-1;. The monoisotopic (exact) mass is 963 g/mol. The van der Waals surface area contributed by atoms with Gasteiger partial charge in [-0.05, 0) is 63.9 Å². The van der Waals surface area contributed by atoms with E-state index >= 15 is 0 Å². The van der Waals surface area contributed by atoms with Gasteiger partial charge in [0.15, 0.2) is 0 Å². The second-order valence-corrected chi connectivity index (χ2v) is 17.3. The van der Waals surface area contributed by atoms with Gasteiger partial charge in [0.1, 0.15) is 16.9 Å². The van der Waals surface area contributed by atoms with Crippen molar-refractivity contribution in [3.63, 3.8) is 0 Å². The fourth-order valence-corrected chi connectivity index (χ4v) is 8.16. The number of hydrogen-bond acceptors (Lipinski definition) is 6. The summed E-state index contributed by atoms with van der Waals surface area (Å²) >= 11 is 0. The first kappa shape index (κ1) is 39.1. The van der Waals surface area contributed by atoms with Gasteiger partial charge in [-0.3, -0.25) is 19.9 Å². The Morgan fingerprint density at radius 2 is 1.37 bits per heavy atom. The maximum absolute atomic E-state index is 11.6. The van der Waals surface area contributed by atoms with Crippen LogP contribution in [0.1, 0.15) is 52.7 Å². The predicted octanol–water partition coefficient (Wildman–Crippen LogP) is 13.0. The van der Waals surface area contributed by atoms with Crippen LogP contribution in [0.5, 0.6) is 5.75 Å². The summed E-state index contributed by atoms with van der Waals surface area (Å²) in [5, 5.41) is 13.5. The van der Waals surface area contributed by atoms with E-state index in [1.54, 1.807) is 24.7 Å². The van der Waals surface area contributed by atoms with E-state index in [2.05, 4.69) is 125 Å². The molecule has 0 radical (unpaired) electrons. The second-order valence-electron chi connectivity index (χ2n) is 17.3. The first-order valence-corrected chi connectivity index (χ1v) is 19.9. The Morgan fingerprint density at radius 1 is 0.633 bits per heavy atom. The van der Waals surface area contributed by atoms with Gasteiger partial charge in [0, 0.05) is 67.2 Å². The summed E-state index contributed by atoms with van der Waals surface area (Å²) in [5.74, 6) is 0.761. The smallest absolute Gasteiger partial charge is 0.147 e. The van der Waals surface area contributed by atoms with E-state index in [-0.39, 0.29) is 37.6 Å². The number of phenols is 1. The van der Waals surface area contributed by atoms with Crippen molar-refractivity contribution in [3.05, 3.63) is 157 Å². The van der Waals surface area contributed by atoms with Crippen molar-refractivity contribution in [3.8, 4) is 56.2 Å². The van der Waals surface area contributed by atoms with Crippen LogP contribution in [0.15, 0.2) is 144 Å². The Balaban J connectivity index is 0.00000462. The number of fused-ring (bicyclic) bond motifs is 5. The van der Waals surface area contributed by atoms with Gasteiger partial charge in [0.05, 0.1) is 39.7 Å². The molecule has 0 spiro atoms. The van der Waals surface area contributed by atoms with Crippen molar-refractivity contribution in [2.75, 3.05) is 0 Å². The fourth-order valence-electron chi connectivity index (χ4n) is 8.16. The summed E-state index contributed by atoms with van der Waals surface area (Å²) in [6.07, 6.45) is 7.11. The first-order valence-electron chi connectivity index (χ1n) is 19.9. The zero-order valence-corrected chi connectivity index (χ0v) is 36.5. The molecule has 0 atom stereocenters. The quantitative estimate of drug-likeness (QED) is 0.173. The molecule has 8 heteroatoms. The van der Waals surface area contributed by atoms with Gasteiger partial charge >= 0.3 is 0 Å². The summed E-state index contributed by atoms with van der Waals surface area (Å²) < 4.78 is 8.68. The number of aromatic nitrogens is 5. The van der Waals surface area contributed by atoms with Gasteiger partial charge in [-0.1, -0.05) is 113 Å². The molecule has 298 valence electrons. The van der Waals surface area contributed by atoms with Crippen molar-refractivity contribution in [1.29, 1.82) is 0 Å². The number of rotatable bonds is 5. The Labute approximate surface area is 363 Å². The molecule has 0 unspecified atom stereocenters. The van der Waals surface area contributed by atoms with Crippen LogP contribution in [0.2, 0.25) is 0 Å². The average Bonchev–Trinajstić information content (AvgIpc) is 3.82. The van der Waals surface area contributed by atoms with Crippen molar-refractivity contribution in [2.24, 2.45) is 0 Å². The number of pyridine rings is 1. The Kier molecular flexibility index (Phi) is 9.56. The molecule has 0 saturated heterocycles. The second kappa shape index (κ2) is 14.7. The molecule has 10 aromatic rings. The van der Waals surface area contributed by atoms with Gasteiger partial charge < -0.3 is 14.1 Å². The van der Waals surface area contributed by atoms with E-state index in [0.717, 1.165) is 72.0 Å². The third-order valence-electron chi connectivity index (χ3n) is 11.3. The molecule has 60 heavy (non-hydrogen) atoms. The maximum atomic E-state index is 11.6. The topological polar surface area (TPSA) is 89.9 Å². The van der Waals surface area contributed by atoms with E-state index in [0.29, 0.717) is 28.1 Å². The Bertz CT molecular complexity index is 3260. The molecule has 7 nitrogen and oxygen atoms in total. The fraction of sp³-hybridized carbons (Fsp3) is 0.154. The third kappa shape index (κ3) is 6.58. The molecule has 4 heterocycles. The Morgan fingerprint density at radius 3 is 2.17 bits per heavy atom. The number of aromatic hydroxyl groups is 1. The molecule has 4 aromatic heterocycles. The molecular formula is C52H42N5O2Pt-. The molecule has 0 aliphatic heterocycles. The van der Waals surface area contributed by atoms with E-state index in [1.165, 1.54) is 5.56 Å². The summed E-state index contributed by atoms with van der Waals surface area (Å²) in [5.41, 5.74) is 13.5. The number of nitrogens with zero attached hydrogens (tertiary/aromatic N) is 5. The van der Waals surface area contributed by atoms with Crippen LogP contribution in [0.4, 0.5) is 0 Å². The molecule has 0 fully saturated rings. The molecule has 10 rings (SSSR count). The Hall–Kier alpha value is -6.43. The molecular weight excluding hydrogens is 922 g/mol. The predicted molar refractivity (Wildman–Crippen MR) is 239 cm³/mol. The SMILES string of the molecule is CC(C)(C)c1ccc(-n2c(-c3[c-]c(-c4cc(C(C)(C)C)cc5nccnc45)ccc3)nc3c(-c4c(O)ccc5c4oc4ccccc45)cncc32)c(-c2ccccc2)c1.[Pt]. The normalized spacial score (nSPS) is 12.1. The van der Waals surface area contributed by atoms with E-state index in [1.807, 2.05) is 42.6 Å². The summed E-state index contributed by atoms with van der Waals surface area (Å²) in [4.78, 5) is 19.9. The zero-order chi connectivity index (χ0) is 40.6. The minimum Gasteiger partial charge on any atom is -0.507 e. The molecule has 0 aliphatic rings. The van der Waals surface area contributed by atoms with Crippen molar-refractivity contribution in [2.45, 2.75) is 52.4 Å². The van der Waals surface area contributed by atoms with Gasteiger partial charge in [-0.15, -0.1) is 29.8 Å². The summed E-state index contributed by atoms with van der Waals surface area (Å²) in [7, 11) is 0. The molecule has 0 amide bonds. The minimum atomic E-state index is -0.114. The van der Waals surface area contributed by atoms with E-state index in [9.17, 15) is 5.11 Å². The molecule has 6 aromatic carbocycles. The first-order chi connectivity index (χ1) is 28.4. The van der Waals surface area contributed by atoms with Gasteiger partial charge in [0.25, 0.3) is 0 Å². The van der Waals surface area contributed by atoms with Crippen LogP contribution in [0.25, 0.3) is 94.5 Å². The van der Waals surface area contributed by atoms with Gasteiger partial charge in [-0.2, -0.15) is 0 Å².